The number of nitriles is 1. The molecular weight excluding hydrogens is 394 g/mol. The Balaban J connectivity index is 0. The SMILES string of the molecule is C#C.C=NCc1ccc(C#N)cc1.CC(=O)C(C)(C)CN(C)C.CCc1ccccc1C. The standard InChI is InChI=1S/C9H8N2.C9H12.C8H17NO.C2H2/c1-11-7-9-4-2-8(6-10)3-5-9;1-3-9-7-5-4-6-8(9)2;1-7(10)8(2,3)6-9(4)5;1-2/h2-5H,1,7H2;4-7H,3H2,1-2H3;6H2,1-5H3;1-2H. The molecule has 4 nitrogen and oxygen atoms in total. The van der Waals surface area contributed by atoms with Crippen LogP contribution in [0.3, 0.4) is 0 Å². The number of hydrogen-bond acceptors (Lipinski definition) is 4. The van der Waals surface area contributed by atoms with E-state index in [9.17, 15) is 4.79 Å². The number of carbonyl (C=O) groups excluding carboxylic acids is 1. The summed E-state index contributed by atoms with van der Waals surface area (Å²) in [5.74, 6) is 0.251. The Morgan fingerprint density at radius 1 is 1.12 bits per heavy atom. The lowest BCUT2D eigenvalue weighted by atomic mass is 9.89. The molecule has 2 aromatic carbocycles. The van der Waals surface area contributed by atoms with Crippen LogP contribution in [0.5, 0.6) is 0 Å². The van der Waals surface area contributed by atoms with Gasteiger partial charge >= 0.3 is 0 Å². The number of carbonyl (C=O) groups is 1. The molecule has 0 N–H and O–H groups in total. The van der Waals surface area contributed by atoms with E-state index in [-0.39, 0.29) is 11.2 Å². The van der Waals surface area contributed by atoms with Crippen molar-refractivity contribution >= 4 is 12.5 Å². The molecule has 0 saturated carbocycles. The van der Waals surface area contributed by atoms with Gasteiger partial charge in [-0.3, -0.25) is 9.79 Å². The number of terminal acetylenes is 1. The third-order valence-corrected chi connectivity index (χ3v) is 4.68. The van der Waals surface area contributed by atoms with Crippen LogP contribution in [0.25, 0.3) is 0 Å². The summed E-state index contributed by atoms with van der Waals surface area (Å²) in [4.78, 5) is 16.7. The van der Waals surface area contributed by atoms with Gasteiger partial charge < -0.3 is 4.90 Å². The number of nitrogens with zero attached hydrogens (tertiary/aromatic N) is 3. The van der Waals surface area contributed by atoms with Gasteiger partial charge in [0.2, 0.25) is 0 Å². The maximum Gasteiger partial charge on any atom is 0.136 e. The van der Waals surface area contributed by atoms with Gasteiger partial charge in [-0.25, -0.2) is 0 Å². The Kier molecular flexibility index (Phi) is 16.9. The van der Waals surface area contributed by atoms with Gasteiger partial charge in [-0.2, -0.15) is 5.26 Å². The van der Waals surface area contributed by atoms with E-state index in [1.54, 1.807) is 19.1 Å². The summed E-state index contributed by atoms with van der Waals surface area (Å²) < 4.78 is 0. The zero-order chi connectivity index (χ0) is 25.2. The van der Waals surface area contributed by atoms with Crippen molar-refractivity contribution < 1.29 is 4.79 Å². The second-order valence-corrected chi connectivity index (χ2v) is 8.15. The second kappa shape index (κ2) is 17.5. The van der Waals surface area contributed by atoms with E-state index in [0.29, 0.717) is 12.1 Å². The van der Waals surface area contributed by atoms with Crippen LogP contribution in [0, 0.1) is 36.5 Å². The van der Waals surface area contributed by atoms with E-state index in [0.717, 1.165) is 18.5 Å². The molecule has 2 rings (SSSR count). The first-order valence-electron chi connectivity index (χ1n) is 10.5. The van der Waals surface area contributed by atoms with Crippen molar-refractivity contribution in [2.24, 2.45) is 10.4 Å². The predicted octanol–water partition coefficient (Wildman–Crippen LogP) is 5.73. The van der Waals surface area contributed by atoms with Gasteiger partial charge in [0.05, 0.1) is 18.2 Å². The molecule has 0 aliphatic rings. The summed E-state index contributed by atoms with van der Waals surface area (Å²) in [7, 11) is 3.95. The van der Waals surface area contributed by atoms with E-state index in [4.69, 9.17) is 5.26 Å². The monoisotopic (exact) mass is 433 g/mol. The minimum absolute atomic E-state index is 0.191. The first kappa shape index (κ1) is 31.0. The third kappa shape index (κ3) is 13.9. The summed E-state index contributed by atoms with van der Waals surface area (Å²) in [5, 5.41) is 8.47. The smallest absolute Gasteiger partial charge is 0.136 e. The van der Waals surface area contributed by atoms with Crippen molar-refractivity contribution in [2.45, 2.75) is 47.6 Å². The van der Waals surface area contributed by atoms with Crippen LogP contribution in [0.4, 0.5) is 0 Å². The lowest BCUT2D eigenvalue weighted by molar-refractivity contribution is -0.125. The highest BCUT2D eigenvalue weighted by molar-refractivity contribution is 5.81. The number of hydrogen-bond donors (Lipinski definition) is 0. The quantitative estimate of drug-likeness (QED) is 0.432. The van der Waals surface area contributed by atoms with Crippen LogP contribution >= 0.6 is 0 Å². The molecule has 0 heterocycles. The van der Waals surface area contributed by atoms with Gasteiger partial charge in [-0.05, 0) is 69.9 Å². The van der Waals surface area contributed by atoms with E-state index in [1.165, 1.54) is 11.1 Å². The highest BCUT2D eigenvalue weighted by Crippen LogP contribution is 2.16. The fraction of sp³-hybridized carbons (Fsp3) is 0.393. The maximum atomic E-state index is 11.0. The number of benzene rings is 2. The molecule has 0 atom stereocenters. The fourth-order valence-electron chi connectivity index (χ4n) is 2.72. The summed E-state index contributed by atoms with van der Waals surface area (Å²) in [6.45, 7) is 14.7. The minimum atomic E-state index is -0.191. The van der Waals surface area contributed by atoms with Crippen LogP contribution in [-0.4, -0.2) is 38.0 Å². The average molecular weight is 434 g/mol. The summed E-state index contributed by atoms with van der Waals surface area (Å²) >= 11 is 0. The molecule has 0 aromatic heterocycles. The number of rotatable bonds is 6. The zero-order valence-corrected chi connectivity index (χ0v) is 20.9. The van der Waals surface area contributed by atoms with Crippen LogP contribution in [0.2, 0.25) is 0 Å². The summed E-state index contributed by atoms with van der Waals surface area (Å²) in [5.41, 5.74) is 4.43. The van der Waals surface area contributed by atoms with E-state index in [2.05, 4.69) is 68.7 Å². The molecule has 0 bridgehead atoms. The van der Waals surface area contributed by atoms with Gasteiger partial charge in [0.25, 0.3) is 0 Å². The molecule has 0 unspecified atom stereocenters. The van der Waals surface area contributed by atoms with Crippen molar-refractivity contribution in [3.63, 3.8) is 0 Å². The highest BCUT2D eigenvalue weighted by Gasteiger charge is 2.23. The Morgan fingerprint density at radius 2 is 1.66 bits per heavy atom. The number of aryl methyl sites for hydroxylation is 2. The number of ketones is 1. The topological polar surface area (TPSA) is 56.5 Å². The minimum Gasteiger partial charge on any atom is -0.308 e. The van der Waals surface area contributed by atoms with Gasteiger partial charge in [-0.1, -0.05) is 57.2 Å². The lowest BCUT2D eigenvalue weighted by Gasteiger charge is -2.24. The molecule has 0 amide bonds. The number of aliphatic imine (C=N–C) groups is 1. The van der Waals surface area contributed by atoms with Crippen molar-refractivity contribution in [1.29, 1.82) is 5.26 Å². The van der Waals surface area contributed by atoms with Gasteiger partial charge in [-0.15, -0.1) is 12.8 Å². The summed E-state index contributed by atoms with van der Waals surface area (Å²) in [6.07, 6.45) is 9.15. The van der Waals surface area contributed by atoms with Crippen molar-refractivity contribution in [1.82, 2.24) is 4.90 Å². The van der Waals surface area contributed by atoms with Gasteiger partial charge in [0.1, 0.15) is 5.78 Å². The van der Waals surface area contributed by atoms with E-state index >= 15 is 0 Å². The maximum absolute atomic E-state index is 11.0. The molecule has 2 aromatic rings. The van der Waals surface area contributed by atoms with Crippen molar-refractivity contribution in [3.8, 4) is 18.9 Å². The molecule has 4 heteroatoms. The largest absolute Gasteiger partial charge is 0.308 e. The van der Waals surface area contributed by atoms with Gasteiger partial charge in [0.15, 0.2) is 0 Å². The van der Waals surface area contributed by atoms with E-state index in [1.807, 2.05) is 45.0 Å². The van der Waals surface area contributed by atoms with Crippen LogP contribution in [-0.2, 0) is 17.8 Å². The number of Topliss-reactive ketones (excluding diaryl/α,β-unsaturated/α-hetero) is 1. The Morgan fingerprint density at radius 3 is 1.97 bits per heavy atom. The average Bonchev–Trinajstić information content (AvgIpc) is 2.76. The Bertz CT molecular complexity index is 856. The van der Waals surface area contributed by atoms with Crippen LogP contribution in [0.15, 0.2) is 53.5 Å². The first-order chi connectivity index (χ1) is 15.1. The summed E-state index contributed by atoms with van der Waals surface area (Å²) in [6, 6.07) is 17.9. The van der Waals surface area contributed by atoms with Crippen LogP contribution in [0.1, 0.15) is 49.9 Å². The molecule has 0 aliphatic carbocycles. The second-order valence-electron chi connectivity index (χ2n) is 8.15. The van der Waals surface area contributed by atoms with Crippen molar-refractivity contribution in [2.75, 3.05) is 20.6 Å². The van der Waals surface area contributed by atoms with Crippen LogP contribution < -0.4 is 0 Å². The molecule has 32 heavy (non-hydrogen) atoms. The molecule has 0 saturated heterocycles. The molecule has 0 fully saturated rings. The Hall–Kier alpha value is -3.21. The predicted molar refractivity (Wildman–Crippen MR) is 138 cm³/mol. The normalized spacial score (nSPS) is 9.53. The van der Waals surface area contributed by atoms with Gasteiger partial charge in [0, 0.05) is 12.0 Å². The third-order valence-electron chi connectivity index (χ3n) is 4.68. The molecular formula is C28H39N3O. The zero-order valence-electron chi connectivity index (χ0n) is 20.9. The lowest BCUT2D eigenvalue weighted by Crippen LogP contribution is -2.33. The fourth-order valence-corrected chi connectivity index (χ4v) is 2.72. The van der Waals surface area contributed by atoms with E-state index < -0.39 is 0 Å². The molecule has 0 spiro atoms. The first-order valence-corrected chi connectivity index (χ1v) is 10.5. The molecule has 0 radical (unpaired) electrons. The Labute approximate surface area is 196 Å². The highest BCUT2D eigenvalue weighted by atomic mass is 16.1. The van der Waals surface area contributed by atoms with Crippen molar-refractivity contribution in [3.05, 3.63) is 70.8 Å². The molecule has 172 valence electrons. The molecule has 0 aliphatic heterocycles.